The molecule has 0 amide bonds. The van der Waals surface area contributed by atoms with Crippen LogP contribution >= 0.6 is 0 Å². The Morgan fingerprint density at radius 3 is 2.16 bits per heavy atom. The van der Waals surface area contributed by atoms with Gasteiger partial charge in [-0.15, -0.1) is 0 Å². The van der Waals surface area contributed by atoms with Crippen LogP contribution in [0.3, 0.4) is 0 Å². The van der Waals surface area contributed by atoms with Gasteiger partial charge in [0.25, 0.3) is 0 Å². The molecule has 0 aliphatic carbocycles. The average molecular weight is 551 g/mol. The number of furan rings is 1. The zero-order valence-electron chi connectivity index (χ0n) is 22.9. The molecule has 0 bridgehead atoms. The summed E-state index contributed by atoms with van der Waals surface area (Å²) >= 11 is 0. The molecule has 0 N–H and O–H groups in total. The van der Waals surface area contributed by atoms with Gasteiger partial charge in [0.2, 0.25) is 5.89 Å². The fourth-order valence-corrected chi connectivity index (χ4v) is 6.88. The van der Waals surface area contributed by atoms with E-state index in [-0.39, 0.29) is 0 Å². The minimum atomic E-state index is 0.604. The van der Waals surface area contributed by atoms with Gasteiger partial charge in [-0.3, -0.25) is 0 Å². The van der Waals surface area contributed by atoms with Crippen LogP contribution in [0, 0.1) is 0 Å². The highest BCUT2D eigenvalue weighted by molar-refractivity contribution is 6.23. The molecule has 200 valence electrons. The van der Waals surface area contributed by atoms with Crippen molar-refractivity contribution in [3.05, 3.63) is 133 Å². The van der Waals surface area contributed by atoms with Gasteiger partial charge in [-0.1, -0.05) is 84.9 Å². The first-order valence-electron chi connectivity index (χ1n) is 14.5. The number of aromatic nitrogens is 2. The van der Waals surface area contributed by atoms with E-state index in [0.717, 1.165) is 66.1 Å². The molecule has 3 heterocycles. The summed E-state index contributed by atoms with van der Waals surface area (Å²) in [5, 5.41) is 9.36. The minimum Gasteiger partial charge on any atom is -0.454 e. The largest absolute Gasteiger partial charge is 0.454 e. The van der Waals surface area contributed by atoms with Crippen molar-refractivity contribution in [3.8, 4) is 17.1 Å². The quantitative estimate of drug-likeness (QED) is 0.215. The number of oxazole rings is 1. The maximum atomic E-state index is 6.78. The average Bonchev–Trinajstić information content (AvgIpc) is 3.75. The summed E-state index contributed by atoms with van der Waals surface area (Å²) in [6.45, 7) is 0. The Bertz CT molecular complexity index is 2710. The van der Waals surface area contributed by atoms with Crippen LogP contribution in [0.1, 0.15) is 0 Å². The molecule has 10 rings (SSSR count). The Morgan fingerprint density at radius 1 is 0.488 bits per heavy atom. The highest BCUT2D eigenvalue weighted by Gasteiger charge is 2.22. The Balaban J connectivity index is 1.34. The standard InChI is InChI=1S/C39H22N2O2/c1-3-11-26-23(9-1)17-19-33-36(26)28-13-5-7-15-32(28)41(33)37-27-12-4-2-10-24(27)21-30-29-22-25(18-20-34(29)42-38(30)37)39-40-31-14-6-8-16-35(31)43-39/h1-22H. The molecule has 0 saturated carbocycles. The predicted octanol–water partition coefficient (Wildman–Crippen LogP) is 10.8. The lowest BCUT2D eigenvalue weighted by Gasteiger charge is -2.13. The zero-order valence-corrected chi connectivity index (χ0v) is 22.9. The molecule has 4 nitrogen and oxygen atoms in total. The molecule has 0 aliphatic heterocycles. The summed E-state index contributed by atoms with van der Waals surface area (Å²) in [5.74, 6) is 0.604. The predicted molar refractivity (Wildman–Crippen MR) is 176 cm³/mol. The molecule has 7 aromatic carbocycles. The summed E-state index contributed by atoms with van der Waals surface area (Å²) in [6.07, 6.45) is 0. The smallest absolute Gasteiger partial charge is 0.227 e. The van der Waals surface area contributed by atoms with Crippen LogP contribution in [-0.4, -0.2) is 9.55 Å². The lowest BCUT2D eigenvalue weighted by Crippen LogP contribution is -1.96. The molecule has 0 spiro atoms. The van der Waals surface area contributed by atoms with Gasteiger partial charge in [0.15, 0.2) is 11.2 Å². The Labute approximate surface area is 245 Å². The normalized spacial score (nSPS) is 12.2. The number of benzene rings is 7. The van der Waals surface area contributed by atoms with Crippen molar-refractivity contribution >= 4 is 76.4 Å². The highest BCUT2D eigenvalue weighted by Crippen LogP contribution is 2.44. The Hall–Kier alpha value is -5.87. The second-order valence-corrected chi connectivity index (χ2v) is 11.2. The molecule has 0 saturated heterocycles. The number of fused-ring (bicyclic) bond motifs is 10. The topological polar surface area (TPSA) is 44.1 Å². The van der Waals surface area contributed by atoms with E-state index >= 15 is 0 Å². The molecule has 43 heavy (non-hydrogen) atoms. The maximum Gasteiger partial charge on any atom is 0.227 e. The van der Waals surface area contributed by atoms with Crippen molar-refractivity contribution in [2.75, 3.05) is 0 Å². The van der Waals surface area contributed by atoms with Crippen LogP contribution < -0.4 is 0 Å². The molecule has 4 heteroatoms. The van der Waals surface area contributed by atoms with Crippen molar-refractivity contribution in [1.82, 2.24) is 9.55 Å². The monoisotopic (exact) mass is 550 g/mol. The van der Waals surface area contributed by atoms with E-state index < -0.39 is 0 Å². The van der Waals surface area contributed by atoms with Crippen molar-refractivity contribution in [3.63, 3.8) is 0 Å². The van der Waals surface area contributed by atoms with Crippen LogP contribution in [0.25, 0.3) is 93.5 Å². The molecule has 3 aromatic heterocycles. The first kappa shape index (κ1) is 22.8. The van der Waals surface area contributed by atoms with Crippen LogP contribution in [0.15, 0.2) is 142 Å². The second-order valence-electron chi connectivity index (χ2n) is 11.2. The van der Waals surface area contributed by atoms with E-state index in [1.165, 1.54) is 21.5 Å². The van der Waals surface area contributed by atoms with Gasteiger partial charge in [0.1, 0.15) is 11.1 Å². The first-order valence-corrected chi connectivity index (χ1v) is 14.5. The van der Waals surface area contributed by atoms with Crippen LogP contribution in [0.2, 0.25) is 0 Å². The van der Waals surface area contributed by atoms with E-state index in [4.69, 9.17) is 13.8 Å². The summed E-state index contributed by atoms with van der Waals surface area (Å²) in [7, 11) is 0. The van der Waals surface area contributed by atoms with Crippen molar-refractivity contribution in [2.45, 2.75) is 0 Å². The van der Waals surface area contributed by atoms with Crippen LogP contribution in [0.4, 0.5) is 0 Å². The van der Waals surface area contributed by atoms with Gasteiger partial charge in [-0.05, 0) is 64.7 Å². The zero-order chi connectivity index (χ0) is 28.1. The Morgan fingerprint density at radius 2 is 1.26 bits per heavy atom. The van der Waals surface area contributed by atoms with Crippen molar-refractivity contribution in [2.24, 2.45) is 0 Å². The van der Waals surface area contributed by atoms with E-state index in [0.29, 0.717) is 5.89 Å². The molecule has 0 unspecified atom stereocenters. The number of hydrogen-bond acceptors (Lipinski definition) is 3. The van der Waals surface area contributed by atoms with Gasteiger partial charge in [0, 0.05) is 32.5 Å². The van der Waals surface area contributed by atoms with Crippen molar-refractivity contribution < 1.29 is 8.83 Å². The van der Waals surface area contributed by atoms with Gasteiger partial charge in [-0.2, -0.15) is 0 Å². The maximum absolute atomic E-state index is 6.78. The lowest BCUT2D eigenvalue weighted by molar-refractivity contribution is 0.620. The van der Waals surface area contributed by atoms with Gasteiger partial charge in [-0.25, -0.2) is 4.98 Å². The summed E-state index contributed by atoms with van der Waals surface area (Å²) < 4.78 is 15.3. The van der Waals surface area contributed by atoms with E-state index in [9.17, 15) is 0 Å². The number of hydrogen-bond donors (Lipinski definition) is 0. The van der Waals surface area contributed by atoms with E-state index in [1.54, 1.807) is 0 Å². The molecule has 0 aliphatic rings. The fraction of sp³-hybridized carbons (Fsp3) is 0. The number of para-hydroxylation sites is 3. The summed E-state index contributed by atoms with van der Waals surface area (Å²) in [6, 6.07) is 46.7. The van der Waals surface area contributed by atoms with Gasteiger partial charge < -0.3 is 13.4 Å². The fourth-order valence-electron chi connectivity index (χ4n) is 6.88. The molecule has 10 aromatic rings. The first-order chi connectivity index (χ1) is 21.3. The third-order valence-electron chi connectivity index (χ3n) is 8.78. The third kappa shape index (κ3) is 3.12. The summed E-state index contributed by atoms with van der Waals surface area (Å²) in [5.41, 5.74) is 7.60. The molecule has 0 fully saturated rings. The van der Waals surface area contributed by atoms with Crippen molar-refractivity contribution in [1.29, 1.82) is 0 Å². The third-order valence-corrected chi connectivity index (χ3v) is 8.78. The number of rotatable bonds is 2. The Kier molecular flexibility index (Phi) is 4.42. The SMILES string of the molecule is c1ccc2c(-n3c4ccccc4c4c5ccccc5ccc43)c3oc4ccc(-c5nc6ccccc6o5)cc4c3cc2c1. The molecule has 0 atom stereocenters. The molecular formula is C39H22N2O2. The lowest BCUT2D eigenvalue weighted by atomic mass is 10.0. The van der Waals surface area contributed by atoms with Crippen LogP contribution in [-0.2, 0) is 0 Å². The second kappa shape index (κ2) is 8.34. The van der Waals surface area contributed by atoms with Gasteiger partial charge in [0.05, 0.1) is 16.7 Å². The number of nitrogens with zero attached hydrogens (tertiary/aromatic N) is 2. The van der Waals surface area contributed by atoms with Crippen LogP contribution in [0.5, 0.6) is 0 Å². The summed E-state index contributed by atoms with van der Waals surface area (Å²) in [4.78, 5) is 4.75. The molecule has 0 radical (unpaired) electrons. The van der Waals surface area contributed by atoms with E-state index in [2.05, 4.69) is 102 Å². The minimum absolute atomic E-state index is 0.604. The van der Waals surface area contributed by atoms with E-state index in [1.807, 2.05) is 36.4 Å². The highest BCUT2D eigenvalue weighted by atomic mass is 16.3. The molecular weight excluding hydrogens is 528 g/mol. The van der Waals surface area contributed by atoms with Gasteiger partial charge >= 0.3 is 0 Å².